The average molecular weight is 402 g/mol. The van der Waals surface area contributed by atoms with Gasteiger partial charge in [-0.05, 0) is 29.8 Å². The highest BCUT2D eigenvalue weighted by Crippen LogP contribution is 2.28. The molecule has 0 aliphatic heterocycles. The molecular weight excluding hydrogens is 386 g/mol. The largest absolute Gasteiger partial charge is 0.505 e. The molecule has 1 N–H and O–H groups in total. The van der Waals surface area contributed by atoms with Crippen molar-refractivity contribution < 1.29 is 9.94 Å². The molecule has 0 aliphatic carbocycles. The Labute approximate surface area is 152 Å². The van der Waals surface area contributed by atoms with Crippen molar-refractivity contribution >= 4 is 32.4 Å². The van der Waals surface area contributed by atoms with Gasteiger partial charge in [0.05, 0.1) is 0 Å². The van der Waals surface area contributed by atoms with Gasteiger partial charge in [-0.2, -0.15) is 5.10 Å². The number of aromatic nitrogens is 2. The molecule has 0 saturated heterocycles. The molecule has 0 aliphatic rings. The van der Waals surface area contributed by atoms with Crippen LogP contribution in [0.5, 0.6) is 5.75 Å². The smallest absolute Gasteiger partial charge is 0.279 e. The van der Waals surface area contributed by atoms with Gasteiger partial charge in [0.1, 0.15) is 24.1 Å². The summed E-state index contributed by atoms with van der Waals surface area (Å²) in [5, 5.41) is 20.4. The fourth-order valence-electron chi connectivity index (χ4n) is 2.77. The predicted molar refractivity (Wildman–Crippen MR) is 100 cm³/mol. The molecule has 128 valence electrons. The van der Waals surface area contributed by atoms with Gasteiger partial charge >= 0.3 is 0 Å². The number of nitrogens with zero attached hydrogens (tertiary/aromatic N) is 3. The minimum atomic E-state index is -0.456. The topological polar surface area (TPSA) is 76.7 Å². The van der Waals surface area contributed by atoms with E-state index in [-0.39, 0.29) is 17.0 Å². The summed E-state index contributed by atoms with van der Waals surface area (Å²) in [6.07, 6.45) is 0. The highest BCUT2D eigenvalue weighted by atomic mass is 79.9. The van der Waals surface area contributed by atoms with E-state index in [4.69, 9.17) is 4.84 Å². The first-order valence-corrected chi connectivity index (χ1v) is 8.30. The minimum Gasteiger partial charge on any atom is -0.505 e. The predicted octanol–water partition coefficient (Wildman–Crippen LogP) is 3.11. The van der Waals surface area contributed by atoms with Crippen molar-refractivity contribution in [3.05, 3.63) is 68.0 Å². The van der Waals surface area contributed by atoms with Crippen molar-refractivity contribution in [1.82, 2.24) is 9.78 Å². The number of hydrogen-bond donors (Lipinski definition) is 1. The van der Waals surface area contributed by atoms with Crippen LogP contribution in [-0.4, -0.2) is 27.7 Å². The van der Waals surface area contributed by atoms with Crippen LogP contribution in [0.25, 0.3) is 10.8 Å². The average Bonchev–Trinajstić information content (AvgIpc) is 2.58. The Morgan fingerprint density at radius 1 is 1.32 bits per heavy atom. The zero-order valence-corrected chi connectivity index (χ0v) is 15.5. The van der Waals surface area contributed by atoms with E-state index in [1.54, 1.807) is 6.92 Å². The molecule has 0 fully saturated rings. The molecule has 0 saturated carbocycles. The molecule has 0 spiro atoms. The van der Waals surface area contributed by atoms with E-state index < -0.39 is 5.56 Å². The number of hydrogen-bond acceptors (Lipinski definition) is 5. The number of oxime groups is 1. The van der Waals surface area contributed by atoms with Crippen LogP contribution in [0.15, 0.2) is 50.8 Å². The van der Waals surface area contributed by atoms with Crippen LogP contribution < -0.4 is 5.56 Å². The zero-order valence-electron chi connectivity index (χ0n) is 13.9. The number of benzene rings is 2. The molecule has 0 amide bonds. The summed E-state index contributed by atoms with van der Waals surface area (Å²) in [4.78, 5) is 17.6. The fourth-order valence-corrected chi connectivity index (χ4v) is 3.24. The molecule has 0 unspecified atom stereocenters. The summed E-state index contributed by atoms with van der Waals surface area (Å²) in [7, 11) is 2.93. The van der Waals surface area contributed by atoms with Crippen molar-refractivity contribution in [2.75, 3.05) is 7.11 Å². The normalized spacial score (nSPS) is 11.8. The van der Waals surface area contributed by atoms with Crippen LogP contribution in [0.3, 0.4) is 0 Å². The second kappa shape index (κ2) is 6.68. The Hall–Kier alpha value is -2.67. The molecule has 0 radical (unpaired) electrons. The summed E-state index contributed by atoms with van der Waals surface area (Å²) < 4.78 is 2.00. The van der Waals surface area contributed by atoms with Crippen molar-refractivity contribution in [2.45, 2.75) is 6.92 Å². The molecule has 1 heterocycles. The summed E-state index contributed by atoms with van der Waals surface area (Å²) in [6.45, 7) is 1.63. The van der Waals surface area contributed by atoms with E-state index in [0.717, 1.165) is 15.2 Å². The maximum atomic E-state index is 12.6. The lowest BCUT2D eigenvalue weighted by Crippen LogP contribution is -2.28. The molecule has 3 rings (SSSR count). The fraction of sp³-hybridized carbons (Fsp3) is 0.167. The summed E-state index contributed by atoms with van der Waals surface area (Å²) in [5.74, 6) is -0.206. The first-order valence-electron chi connectivity index (χ1n) is 7.51. The maximum Gasteiger partial charge on any atom is 0.279 e. The lowest BCUT2D eigenvalue weighted by Gasteiger charge is -2.13. The van der Waals surface area contributed by atoms with Crippen LogP contribution >= 0.6 is 15.9 Å². The molecule has 6 nitrogen and oxygen atoms in total. The van der Waals surface area contributed by atoms with Gasteiger partial charge in [-0.3, -0.25) is 4.79 Å². The lowest BCUT2D eigenvalue weighted by atomic mass is 9.96. The molecule has 25 heavy (non-hydrogen) atoms. The number of fused-ring (bicyclic) bond motifs is 1. The molecule has 7 heteroatoms. The highest BCUT2D eigenvalue weighted by Gasteiger charge is 2.22. The SMILES string of the molecule is CO/N=C(\c1c(O)c(C)nn(C)c1=O)c1cc(Br)cc2ccccc12. The third-order valence-electron chi connectivity index (χ3n) is 3.89. The molecule has 0 bridgehead atoms. The van der Waals surface area contributed by atoms with Crippen LogP contribution in [0, 0.1) is 6.92 Å². The Balaban J connectivity index is 2.42. The third-order valence-corrected chi connectivity index (χ3v) is 4.35. The second-order valence-corrected chi connectivity index (χ2v) is 6.45. The third kappa shape index (κ3) is 3.02. The lowest BCUT2D eigenvalue weighted by molar-refractivity contribution is 0.214. The monoisotopic (exact) mass is 401 g/mol. The number of aromatic hydroxyl groups is 1. The standard InChI is InChI=1S/C18H16BrN3O3/c1-10-17(23)15(18(24)22(2)20-10)16(21-25-3)14-9-12(19)8-11-6-4-5-7-13(11)14/h4-9,23H,1-3H3/b21-16-. The van der Waals surface area contributed by atoms with Gasteiger partial charge < -0.3 is 9.94 Å². The first kappa shape index (κ1) is 17.2. The van der Waals surface area contributed by atoms with E-state index in [9.17, 15) is 9.90 Å². The van der Waals surface area contributed by atoms with Crippen LogP contribution in [0.2, 0.25) is 0 Å². The van der Waals surface area contributed by atoms with E-state index in [2.05, 4.69) is 26.2 Å². The second-order valence-electron chi connectivity index (χ2n) is 5.53. The number of rotatable bonds is 3. The number of halogens is 1. The molecule has 3 aromatic rings. The Bertz CT molecular complexity index is 1060. The summed E-state index contributed by atoms with van der Waals surface area (Å²) >= 11 is 3.49. The van der Waals surface area contributed by atoms with Gasteiger partial charge in [0.2, 0.25) is 0 Å². The Kier molecular flexibility index (Phi) is 4.59. The van der Waals surface area contributed by atoms with E-state index in [0.29, 0.717) is 11.3 Å². The van der Waals surface area contributed by atoms with Crippen LogP contribution in [-0.2, 0) is 11.9 Å². The Morgan fingerprint density at radius 3 is 2.76 bits per heavy atom. The van der Waals surface area contributed by atoms with Crippen molar-refractivity contribution in [3.8, 4) is 5.75 Å². The quantitative estimate of drug-likeness (QED) is 0.540. The van der Waals surface area contributed by atoms with Crippen molar-refractivity contribution in [2.24, 2.45) is 12.2 Å². The number of aryl methyl sites for hydroxylation is 2. The van der Waals surface area contributed by atoms with Crippen LogP contribution in [0.1, 0.15) is 16.8 Å². The van der Waals surface area contributed by atoms with Crippen molar-refractivity contribution in [3.63, 3.8) is 0 Å². The Morgan fingerprint density at radius 2 is 2.04 bits per heavy atom. The first-order chi connectivity index (χ1) is 11.9. The summed E-state index contributed by atoms with van der Waals surface area (Å²) in [5.41, 5.74) is 0.858. The van der Waals surface area contributed by atoms with Gasteiger partial charge in [0, 0.05) is 17.1 Å². The molecule has 0 atom stereocenters. The van der Waals surface area contributed by atoms with Gasteiger partial charge in [-0.25, -0.2) is 4.68 Å². The maximum absolute atomic E-state index is 12.6. The highest BCUT2D eigenvalue weighted by molar-refractivity contribution is 9.10. The van der Waals surface area contributed by atoms with Gasteiger partial charge in [0.15, 0.2) is 5.75 Å². The van der Waals surface area contributed by atoms with E-state index >= 15 is 0 Å². The molecular formula is C18H16BrN3O3. The molecule has 2 aromatic carbocycles. The van der Waals surface area contributed by atoms with Gasteiger partial charge in [0.25, 0.3) is 5.56 Å². The van der Waals surface area contributed by atoms with Crippen molar-refractivity contribution in [1.29, 1.82) is 0 Å². The summed E-state index contributed by atoms with van der Waals surface area (Å²) in [6, 6.07) is 11.5. The van der Waals surface area contributed by atoms with Gasteiger partial charge in [-0.1, -0.05) is 45.4 Å². The zero-order chi connectivity index (χ0) is 18.1. The van der Waals surface area contributed by atoms with E-state index in [1.165, 1.54) is 18.8 Å². The molecule has 1 aromatic heterocycles. The van der Waals surface area contributed by atoms with E-state index in [1.807, 2.05) is 36.4 Å². The van der Waals surface area contributed by atoms with Gasteiger partial charge in [-0.15, -0.1) is 0 Å². The minimum absolute atomic E-state index is 0.0557. The van der Waals surface area contributed by atoms with Crippen LogP contribution in [0.4, 0.5) is 0 Å².